The lowest BCUT2D eigenvalue weighted by atomic mass is 9.87. The Morgan fingerprint density at radius 3 is 1.88 bits per heavy atom. The van der Waals surface area contributed by atoms with Crippen molar-refractivity contribution in [1.29, 1.82) is 21.0 Å². The van der Waals surface area contributed by atoms with Crippen molar-refractivity contribution >= 4 is 11.1 Å². The molecule has 1 aromatic rings. The van der Waals surface area contributed by atoms with Gasteiger partial charge < -0.3 is 0 Å². The van der Waals surface area contributed by atoms with Crippen molar-refractivity contribution in [1.82, 2.24) is 0 Å². The summed E-state index contributed by atoms with van der Waals surface area (Å²) in [5, 5.41) is 36.8. The Labute approximate surface area is 141 Å². The minimum absolute atomic E-state index is 0.0195. The molecule has 0 aliphatic rings. The van der Waals surface area contributed by atoms with Crippen LogP contribution in [-0.4, -0.2) is 0 Å². The van der Waals surface area contributed by atoms with Gasteiger partial charge in [0.2, 0.25) is 0 Å². The van der Waals surface area contributed by atoms with Gasteiger partial charge in [0.25, 0.3) is 0 Å². The Hall–Kier alpha value is -3.86. The molecule has 0 radical (unpaired) electrons. The van der Waals surface area contributed by atoms with Gasteiger partial charge in [-0.2, -0.15) is 21.0 Å². The van der Waals surface area contributed by atoms with Crippen LogP contribution in [-0.2, 0) is 0 Å². The molecular formula is C20H14N4. The first-order chi connectivity index (χ1) is 11.5. The van der Waals surface area contributed by atoms with Crippen LogP contribution in [0.2, 0.25) is 0 Å². The zero-order chi connectivity index (χ0) is 18.1. The molecule has 0 saturated carbocycles. The smallest absolute Gasteiger partial charge is 0.138 e. The molecule has 0 atom stereocenters. The third kappa shape index (κ3) is 3.66. The summed E-state index contributed by atoms with van der Waals surface area (Å²) in [6.45, 7) is 7.40. The predicted octanol–water partition coefficient (Wildman–Crippen LogP) is 4.44. The predicted molar refractivity (Wildman–Crippen MR) is 92.4 cm³/mol. The molecule has 114 valence electrons. The van der Waals surface area contributed by atoms with Gasteiger partial charge in [0, 0.05) is 5.57 Å². The average Bonchev–Trinajstić information content (AvgIpc) is 2.60. The van der Waals surface area contributed by atoms with E-state index in [9.17, 15) is 10.5 Å². The summed E-state index contributed by atoms with van der Waals surface area (Å²) in [5.41, 5.74) is 2.48. The van der Waals surface area contributed by atoms with Gasteiger partial charge in [-0.3, -0.25) is 0 Å². The Kier molecular flexibility index (Phi) is 6.48. The summed E-state index contributed by atoms with van der Waals surface area (Å²) in [5.74, 6) is 0. The SMILES string of the molecule is C=C(/C=C\C)C(=C(C#N)C#N)c1ccccc1C(C)=C(C#N)C#N. The molecule has 0 aliphatic heterocycles. The van der Waals surface area contributed by atoms with E-state index < -0.39 is 0 Å². The van der Waals surface area contributed by atoms with Gasteiger partial charge in [0.15, 0.2) is 0 Å². The first-order valence-electron chi connectivity index (χ1n) is 7.02. The van der Waals surface area contributed by atoms with E-state index in [1.54, 1.807) is 43.3 Å². The van der Waals surface area contributed by atoms with E-state index >= 15 is 0 Å². The van der Waals surface area contributed by atoms with Crippen molar-refractivity contribution in [2.75, 3.05) is 0 Å². The van der Waals surface area contributed by atoms with Crippen LogP contribution >= 0.6 is 0 Å². The van der Waals surface area contributed by atoms with Crippen LogP contribution in [0.4, 0.5) is 0 Å². The largest absolute Gasteiger partial charge is 0.192 e. The van der Waals surface area contributed by atoms with Gasteiger partial charge in [-0.15, -0.1) is 0 Å². The molecule has 0 N–H and O–H groups in total. The van der Waals surface area contributed by atoms with Crippen LogP contribution in [0.3, 0.4) is 0 Å². The van der Waals surface area contributed by atoms with Crippen LogP contribution in [0.5, 0.6) is 0 Å². The van der Waals surface area contributed by atoms with Crippen LogP contribution < -0.4 is 0 Å². The summed E-state index contributed by atoms with van der Waals surface area (Å²) < 4.78 is 0. The minimum Gasteiger partial charge on any atom is -0.192 e. The summed E-state index contributed by atoms with van der Waals surface area (Å²) in [6.07, 6.45) is 3.46. The fraction of sp³-hybridized carbons (Fsp3) is 0.100. The second kappa shape index (κ2) is 8.55. The van der Waals surface area contributed by atoms with Crippen molar-refractivity contribution in [3.8, 4) is 24.3 Å². The number of hydrogen-bond acceptors (Lipinski definition) is 4. The maximum absolute atomic E-state index is 9.29. The molecule has 4 nitrogen and oxygen atoms in total. The number of benzene rings is 1. The molecular weight excluding hydrogens is 296 g/mol. The molecule has 0 bridgehead atoms. The quantitative estimate of drug-likeness (QED) is 0.606. The topological polar surface area (TPSA) is 95.2 Å². The van der Waals surface area contributed by atoms with Gasteiger partial charge in [0.05, 0.1) is 0 Å². The van der Waals surface area contributed by atoms with E-state index in [2.05, 4.69) is 6.58 Å². The van der Waals surface area contributed by atoms with Crippen molar-refractivity contribution in [3.05, 3.63) is 70.8 Å². The van der Waals surface area contributed by atoms with Gasteiger partial charge in [0.1, 0.15) is 35.4 Å². The molecule has 0 aliphatic carbocycles. The molecule has 1 aromatic carbocycles. The zero-order valence-electron chi connectivity index (χ0n) is 13.5. The first-order valence-corrected chi connectivity index (χ1v) is 7.02. The highest BCUT2D eigenvalue weighted by atomic mass is 14.3. The normalized spacial score (nSPS) is 9.08. The number of hydrogen-bond donors (Lipinski definition) is 0. The number of allylic oxidation sites excluding steroid dienone is 7. The molecule has 0 spiro atoms. The highest BCUT2D eigenvalue weighted by molar-refractivity contribution is 5.93. The zero-order valence-corrected chi connectivity index (χ0v) is 13.5. The summed E-state index contributed by atoms with van der Waals surface area (Å²) >= 11 is 0. The van der Waals surface area contributed by atoms with E-state index in [1.807, 2.05) is 31.2 Å². The highest BCUT2D eigenvalue weighted by Crippen LogP contribution is 2.33. The monoisotopic (exact) mass is 310 g/mol. The third-order valence-corrected chi connectivity index (χ3v) is 3.36. The fourth-order valence-electron chi connectivity index (χ4n) is 2.25. The first kappa shape index (κ1) is 18.2. The van der Waals surface area contributed by atoms with Crippen molar-refractivity contribution in [3.63, 3.8) is 0 Å². The van der Waals surface area contributed by atoms with Crippen molar-refractivity contribution in [2.24, 2.45) is 0 Å². The number of nitriles is 4. The molecule has 0 aromatic heterocycles. The molecule has 4 heteroatoms. The van der Waals surface area contributed by atoms with Crippen LogP contribution in [0, 0.1) is 45.3 Å². The van der Waals surface area contributed by atoms with Crippen LogP contribution in [0.15, 0.2) is 59.7 Å². The number of nitrogens with zero attached hydrogens (tertiary/aromatic N) is 4. The Bertz CT molecular complexity index is 898. The fourth-order valence-corrected chi connectivity index (χ4v) is 2.25. The molecule has 0 unspecified atom stereocenters. The summed E-state index contributed by atoms with van der Waals surface area (Å²) in [7, 11) is 0. The molecule has 0 saturated heterocycles. The van der Waals surface area contributed by atoms with Gasteiger partial charge in [-0.05, 0) is 36.1 Å². The lowest BCUT2D eigenvalue weighted by Crippen LogP contribution is -1.98. The van der Waals surface area contributed by atoms with Crippen LogP contribution in [0.25, 0.3) is 11.1 Å². The Morgan fingerprint density at radius 2 is 1.42 bits per heavy atom. The van der Waals surface area contributed by atoms with E-state index in [0.717, 1.165) is 0 Å². The molecule has 0 heterocycles. The van der Waals surface area contributed by atoms with E-state index in [1.165, 1.54) is 0 Å². The summed E-state index contributed by atoms with van der Waals surface area (Å²) in [4.78, 5) is 0. The molecule has 1 rings (SSSR count). The van der Waals surface area contributed by atoms with E-state index in [-0.39, 0.29) is 11.1 Å². The van der Waals surface area contributed by atoms with E-state index in [0.29, 0.717) is 27.8 Å². The second-order valence-corrected chi connectivity index (χ2v) is 4.77. The Morgan fingerprint density at radius 1 is 0.917 bits per heavy atom. The van der Waals surface area contributed by atoms with Crippen molar-refractivity contribution in [2.45, 2.75) is 13.8 Å². The minimum atomic E-state index is -0.0752. The molecule has 24 heavy (non-hydrogen) atoms. The third-order valence-electron chi connectivity index (χ3n) is 3.36. The van der Waals surface area contributed by atoms with Gasteiger partial charge in [-0.1, -0.05) is 43.0 Å². The van der Waals surface area contributed by atoms with Crippen molar-refractivity contribution < 1.29 is 0 Å². The number of rotatable bonds is 4. The second-order valence-electron chi connectivity index (χ2n) is 4.77. The lowest BCUT2D eigenvalue weighted by Gasteiger charge is -2.14. The molecule has 0 fully saturated rings. The lowest BCUT2D eigenvalue weighted by molar-refractivity contribution is 1.42. The maximum Gasteiger partial charge on any atom is 0.138 e. The Balaban J connectivity index is 3.89. The van der Waals surface area contributed by atoms with Crippen LogP contribution in [0.1, 0.15) is 25.0 Å². The maximum atomic E-state index is 9.29. The van der Waals surface area contributed by atoms with Gasteiger partial charge in [-0.25, -0.2) is 0 Å². The van der Waals surface area contributed by atoms with E-state index in [4.69, 9.17) is 10.5 Å². The molecule has 0 amide bonds. The summed E-state index contributed by atoms with van der Waals surface area (Å²) in [6, 6.07) is 14.5. The standard InChI is InChI=1S/C20H14N4/c1-4-7-14(2)20(17(12-23)13-24)19-9-6-5-8-18(19)15(3)16(10-21)11-22/h4-9H,2H2,1,3H3/b7-4-. The van der Waals surface area contributed by atoms with Gasteiger partial charge >= 0.3 is 0 Å². The highest BCUT2D eigenvalue weighted by Gasteiger charge is 2.17. The average molecular weight is 310 g/mol.